The van der Waals surface area contributed by atoms with Crippen LogP contribution in [0.5, 0.6) is 0 Å². The SMILES string of the molecule is CN(C)CCC1CCN(C(=O)[C@@H]2C[C@H]2c2ccc(F)cc2F)C1. The van der Waals surface area contributed by atoms with E-state index in [1.54, 1.807) is 0 Å². The predicted molar refractivity (Wildman–Crippen MR) is 85.1 cm³/mol. The Hall–Kier alpha value is -1.49. The van der Waals surface area contributed by atoms with Gasteiger partial charge in [0.05, 0.1) is 0 Å². The maximum Gasteiger partial charge on any atom is 0.226 e. The Morgan fingerprint density at radius 2 is 2.13 bits per heavy atom. The van der Waals surface area contributed by atoms with Gasteiger partial charge >= 0.3 is 0 Å². The smallest absolute Gasteiger partial charge is 0.226 e. The van der Waals surface area contributed by atoms with Crippen molar-refractivity contribution in [3.8, 4) is 0 Å². The van der Waals surface area contributed by atoms with Gasteiger partial charge in [-0.3, -0.25) is 4.79 Å². The molecule has 1 aliphatic heterocycles. The molecule has 2 fully saturated rings. The maximum absolute atomic E-state index is 13.8. The second kappa shape index (κ2) is 6.56. The zero-order valence-corrected chi connectivity index (χ0v) is 13.8. The molecule has 2 aliphatic rings. The largest absolute Gasteiger partial charge is 0.342 e. The molecule has 1 aromatic rings. The third kappa shape index (κ3) is 3.71. The molecule has 23 heavy (non-hydrogen) atoms. The Balaban J connectivity index is 1.54. The lowest BCUT2D eigenvalue weighted by Gasteiger charge is -2.18. The molecule has 3 nitrogen and oxygen atoms in total. The van der Waals surface area contributed by atoms with Crippen LogP contribution in [0.1, 0.15) is 30.7 Å². The summed E-state index contributed by atoms with van der Waals surface area (Å²) >= 11 is 0. The highest BCUT2D eigenvalue weighted by atomic mass is 19.1. The lowest BCUT2D eigenvalue weighted by atomic mass is 10.1. The van der Waals surface area contributed by atoms with E-state index < -0.39 is 11.6 Å². The number of hydrogen-bond donors (Lipinski definition) is 0. The molecular formula is C18H24F2N2O. The minimum absolute atomic E-state index is 0.0797. The Labute approximate surface area is 136 Å². The zero-order valence-electron chi connectivity index (χ0n) is 13.8. The first-order valence-corrected chi connectivity index (χ1v) is 8.34. The van der Waals surface area contributed by atoms with Gasteiger partial charge in [-0.25, -0.2) is 8.78 Å². The topological polar surface area (TPSA) is 23.6 Å². The molecule has 1 saturated carbocycles. The average Bonchev–Trinajstić information content (AvgIpc) is 3.13. The van der Waals surface area contributed by atoms with Gasteiger partial charge in [0, 0.05) is 25.1 Å². The maximum atomic E-state index is 13.8. The van der Waals surface area contributed by atoms with Crippen LogP contribution in [0.4, 0.5) is 8.78 Å². The van der Waals surface area contributed by atoms with E-state index >= 15 is 0 Å². The summed E-state index contributed by atoms with van der Waals surface area (Å²) in [6.45, 7) is 2.67. The number of carbonyl (C=O) groups is 1. The van der Waals surface area contributed by atoms with E-state index in [1.165, 1.54) is 12.1 Å². The Bertz CT molecular complexity index is 590. The molecule has 3 atom stereocenters. The Kier molecular flexibility index (Phi) is 4.67. The first-order chi connectivity index (χ1) is 11.0. The minimum atomic E-state index is -0.571. The molecule has 1 heterocycles. The van der Waals surface area contributed by atoms with Crippen LogP contribution in [-0.4, -0.2) is 49.4 Å². The summed E-state index contributed by atoms with van der Waals surface area (Å²) < 4.78 is 26.8. The number of halogens is 2. The van der Waals surface area contributed by atoms with E-state index in [4.69, 9.17) is 0 Å². The molecule has 3 rings (SSSR count). The van der Waals surface area contributed by atoms with Crippen LogP contribution in [0.3, 0.4) is 0 Å². The highest BCUT2D eigenvalue weighted by Gasteiger charge is 2.47. The molecule has 1 saturated heterocycles. The van der Waals surface area contributed by atoms with Crippen molar-refractivity contribution in [2.75, 3.05) is 33.7 Å². The summed E-state index contributed by atoms with van der Waals surface area (Å²) in [5.74, 6) is -0.590. The molecule has 5 heteroatoms. The van der Waals surface area contributed by atoms with Gasteiger partial charge in [0.2, 0.25) is 5.91 Å². The highest BCUT2D eigenvalue weighted by Crippen LogP contribution is 2.49. The van der Waals surface area contributed by atoms with Gasteiger partial charge in [-0.05, 0) is 63.4 Å². The van der Waals surface area contributed by atoms with Crippen molar-refractivity contribution < 1.29 is 13.6 Å². The molecule has 1 unspecified atom stereocenters. The molecule has 1 amide bonds. The number of nitrogens with zero attached hydrogens (tertiary/aromatic N) is 2. The van der Waals surface area contributed by atoms with E-state index in [0.717, 1.165) is 38.5 Å². The molecular weight excluding hydrogens is 298 g/mol. The van der Waals surface area contributed by atoms with Crippen molar-refractivity contribution in [3.63, 3.8) is 0 Å². The lowest BCUT2D eigenvalue weighted by molar-refractivity contribution is -0.131. The van der Waals surface area contributed by atoms with Crippen LogP contribution >= 0.6 is 0 Å². The van der Waals surface area contributed by atoms with Crippen molar-refractivity contribution in [3.05, 3.63) is 35.4 Å². The molecule has 0 bridgehead atoms. The zero-order chi connectivity index (χ0) is 16.6. The van der Waals surface area contributed by atoms with Crippen LogP contribution in [0.15, 0.2) is 18.2 Å². The summed E-state index contributed by atoms with van der Waals surface area (Å²) in [5.41, 5.74) is 0.480. The lowest BCUT2D eigenvalue weighted by Crippen LogP contribution is -2.30. The van der Waals surface area contributed by atoms with E-state index in [1.807, 2.05) is 4.90 Å². The number of hydrogen-bond acceptors (Lipinski definition) is 2. The number of amides is 1. The molecule has 1 aromatic carbocycles. The highest BCUT2D eigenvalue weighted by molar-refractivity contribution is 5.83. The predicted octanol–water partition coefficient (Wildman–Crippen LogP) is 2.87. The first-order valence-electron chi connectivity index (χ1n) is 8.34. The number of rotatable bonds is 5. The van der Waals surface area contributed by atoms with Gasteiger partial charge in [-0.1, -0.05) is 6.07 Å². The van der Waals surface area contributed by atoms with Gasteiger partial charge in [-0.2, -0.15) is 0 Å². The molecule has 126 valence electrons. The third-order valence-electron chi connectivity index (χ3n) is 5.05. The van der Waals surface area contributed by atoms with Crippen molar-refractivity contribution in [2.45, 2.75) is 25.2 Å². The fourth-order valence-corrected chi connectivity index (χ4v) is 3.56. The quantitative estimate of drug-likeness (QED) is 0.832. The second-order valence-electron chi connectivity index (χ2n) is 7.15. The first kappa shape index (κ1) is 16.4. The van der Waals surface area contributed by atoms with Crippen LogP contribution in [0.25, 0.3) is 0 Å². The minimum Gasteiger partial charge on any atom is -0.342 e. The summed E-state index contributed by atoms with van der Waals surface area (Å²) in [6.07, 6.45) is 2.85. The van der Waals surface area contributed by atoms with Gasteiger partial charge in [0.15, 0.2) is 0 Å². The molecule has 0 radical (unpaired) electrons. The summed E-state index contributed by atoms with van der Waals surface area (Å²) in [4.78, 5) is 16.7. The van der Waals surface area contributed by atoms with Crippen LogP contribution in [0.2, 0.25) is 0 Å². The van der Waals surface area contributed by atoms with Gasteiger partial charge in [0.25, 0.3) is 0 Å². The molecule has 1 aliphatic carbocycles. The Morgan fingerprint density at radius 3 is 2.83 bits per heavy atom. The summed E-state index contributed by atoms with van der Waals surface area (Å²) in [5, 5.41) is 0. The van der Waals surface area contributed by atoms with Gasteiger partial charge in [0.1, 0.15) is 11.6 Å². The normalized spacial score (nSPS) is 26.8. The number of benzene rings is 1. The fraction of sp³-hybridized carbons (Fsp3) is 0.611. The Morgan fingerprint density at radius 1 is 1.35 bits per heavy atom. The van der Waals surface area contributed by atoms with E-state index in [0.29, 0.717) is 17.9 Å². The molecule has 0 spiro atoms. The van der Waals surface area contributed by atoms with Crippen LogP contribution < -0.4 is 0 Å². The van der Waals surface area contributed by atoms with Crippen molar-refractivity contribution in [2.24, 2.45) is 11.8 Å². The molecule has 0 aromatic heterocycles. The number of likely N-dealkylation sites (tertiary alicyclic amines) is 1. The van der Waals surface area contributed by atoms with E-state index in [9.17, 15) is 13.6 Å². The summed E-state index contributed by atoms with van der Waals surface area (Å²) in [6, 6.07) is 3.65. The second-order valence-corrected chi connectivity index (χ2v) is 7.15. The fourth-order valence-electron chi connectivity index (χ4n) is 3.56. The van der Waals surface area contributed by atoms with Crippen molar-refractivity contribution >= 4 is 5.91 Å². The third-order valence-corrected chi connectivity index (χ3v) is 5.05. The monoisotopic (exact) mass is 322 g/mol. The summed E-state index contributed by atoms with van der Waals surface area (Å²) in [7, 11) is 4.12. The molecule has 0 N–H and O–H groups in total. The standard InChI is InChI=1S/C18H24F2N2O/c1-21(2)7-5-12-6-8-22(11-12)18(23)16-10-15(16)14-4-3-13(19)9-17(14)20/h3-4,9,12,15-16H,5-8,10-11H2,1-2H3/t12?,15-,16+/m0/s1. The number of carbonyl (C=O) groups excluding carboxylic acids is 1. The van der Waals surface area contributed by atoms with Gasteiger partial charge in [-0.15, -0.1) is 0 Å². The van der Waals surface area contributed by atoms with Crippen molar-refractivity contribution in [1.82, 2.24) is 9.80 Å². The van der Waals surface area contributed by atoms with Crippen LogP contribution in [-0.2, 0) is 4.79 Å². The van der Waals surface area contributed by atoms with Crippen molar-refractivity contribution in [1.29, 1.82) is 0 Å². The average molecular weight is 322 g/mol. The van der Waals surface area contributed by atoms with Crippen LogP contribution in [0, 0.1) is 23.5 Å². The van der Waals surface area contributed by atoms with Gasteiger partial charge < -0.3 is 9.80 Å². The van der Waals surface area contributed by atoms with E-state index in [2.05, 4.69) is 19.0 Å². The van der Waals surface area contributed by atoms with E-state index in [-0.39, 0.29) is 17.7 Å².